The molecule has 1 aromatic carbocycles. The first kappa shape index (κ1) is 17.5. The Balaban J connectivity index is 2.45. The van der Waals surface area contributed by atoms with Gasteiger partial charge >= 0.3 is 0 Å². The van der Waals surface area contributed by atoms with E-state index in [1.165, 1.54) is 5.56 Å². The molecule has 0 amide bonds. The summed E-state index contributed by atoms with van der Waals surface area (Å²) in [5.41, 5.74) is 8.34. The first-order valence-corrected chi connectivity index (χ1v) is 7.73. The van der Waals surface area contributed by atoms with Gasteiger partial charge in [0.1, 0.15) is 0 Å². The monoisotopic (exact) mass is 290 g/mol. The number of hydrogen-bond donors (Lipinski definition) is 3. The highest BCUT2D eigenvalue weighted by Crippen LogP contribution is 2.20. The van der Waals surface area contributed by atoms with E-state index in [2.05, 4.69) is 74.5 Å². The zero-order valence-electron chi connectivity index (χ0n) is 14.0. The SMILES string of the molecule is CCC(C)c1ccc(NC(N)=NCCNC(C)(C)C)cc1. The third-order valence-electron chi connectivity index (χ3n) is 3.41. The number of nitrogens with zero attached hydrogens (tertiary/aromatic N) is 1. The van der Waals surface area contributed by atoms with Crippen LogP contribution in [0.4, 0.5) is 5.69 Å². The number of rotatable bonds is 6. The van der Waals surface area contributed by atoms with Gasteiger partial charge in [0.2, 0.25) is 0 Å². The van der Waals surface area contributed by atoms with Gasteiger partial charge in [-0.25, -0.2) is 0 Å². The van der Waals surface area contributed by atoms with Crippen molar-refractivity contribution in [3.8, 4) is 0 Å². The zero-order valence-corrected chi connectivity index (χ0v) is 14.0. The molecule has 0 spiro atoms. The molecule has 1 aromatic rings. The van der Waals surface area contributed by atoms with Crippen molar-refractivity contribution in [1.29, 1.82) is 0 Å². The molecule has 0 heterocycles. The third-order valence-corrected chi connectivity index (χ3v) is 3.41. The molecule has 0 aliphatic rings. The molecule has 4 nitrogen and oxygen atoms in total. The van der Waals surface area contributed by atoms with E-state index in [1.54, 1.807) is 0 Å². The molecule has 118 valence electrons. The lowest BCUT2D eigenvalue weighted by Crippen LogP contribution is -2.37. The smallest absolute Gasteiger partial charge is 0.193 e. The van der Waals surface area contributed by atoms with Crippen LogP contribution in [0.3, 0.4) is 0 Å². The molecule has 0 aliphatic heterocycles. The van der Waals surface area contributed by atoms with Crippen molar-refractivity contribution in [1.82, 2.24) is 5.32 Å². The number of aliphatic imine (C=N–C) groups is 1. The fourth-order valence-electron chi connectivity index (χ4n) is 1.93. The highest BCUT2D eigenvalue weighted by Gasteiger charge is 2.07. The van der Waals surface area contributed by atoms with Gasteiger partial charge in [0.05, 0.1) is 6.54 Å². The van der Waals surface area contributed by atoms with Crippen LogP contribution in [0.25, 0.3) is 0 Å². The largest absolute Gasteiger partial charge is 0.370 e. The van der Waals surface area contributed by atoms with Crippen LogP contribution in [0.1, 0.15) is 52.5 Å². The predicted octanol–water partition coefficient (Wildman–Crippen LogP) is 3.31. The summed E-state index contributed by atoms with van der Waals surface area (Å²) in [5.74, 6) is 1.05. The van der Waals surface area contributed by atoms with Crippen LogP contribution in [-0.2, 0) is 0 Å². The highest BCUT2D eigenvalue weighted by atomic mass is 15.1. The summed E-state index contributed by atoms with van der Waals surface area (Å²) in [6, 6.07) is 8.39. The Labute approximate surface area is 129 Å². The molecule has 0 saturated carbocycles. The molecule has 0 radical (unpaired) electrons. The van der Waals surface area contributed by atoms with E-state index in [4.69, 9.17) is 5.73 Å². The maximum Gasteiger partial charge on any atom is 0.193 e. The van der Waals surface area contributed by atoms with Gasteiger partial charge in [-0.05, 0) is 50.8 Å². The van der Waals surface area contributed by atoms with Gasteiger partial charge in [0, 0.05) is 17.8 Å². The lowest BCUT2D eigenvalue weighted by Gasteiger charge is -2.19. The topological polar surface area (TPSA) is 62.4 Å². The number of hydrogen-bond acceptors (Lipinski definition) is 2. The molecule has 1 rings (SSSR count). The van der Waals surface area contributed by atoms with Crippen LogP contribution in [0, 0.1) is 0 Å². The summed E-state index contributed by atoms with van der Waals surface area (Å²) in [5, 5.41) is 6.50. The maximum absolute atomic E-state index is 5.89. The Morgan fingerprint density at radius 2 is 1.86 bits per heavy atom. The van der Waals surface area contributed by atoms with E-state index in [-0.39, 0.29) is 5.54 Å². The summed E-state index contributed by atoms with van der Waals surface area (Å²) in [4.78, 5) is 4.32. The molecule has 21 heavy (non-hydrogen) atoms. The fourth-order valence-corrected chi connectivity index (χ4v) is 1.93. The summed E-state index contributed by atoms with van der Waals surface area (Å²) in [6.45, 7) is 12.3. The minimum Gasteiger partial charge on any atom is -0.370 e. The Hall–Kier alpha value is -1.55. The lowest BCUT2D eigenvalue weighted by atomic mass is 9.99. The molecule has 0 saturated heterocycles. The second-order valence-electron chi connectivity index (χ2n) is 6.50. The number of nitrogens with two attached hydrogens (primary N) is 1. The normalized spacial score (nSPS) is 14.0. The Kier molecular flexibility index (Phi) is 6.69. The van der Waals surface area contributed by atoms with Gasteiger partial charge in [-0.3, -0.25) is 4.99 Å². The molecule has 0 aromatic heterocycles. The van der Waals surface area contributed by atoms with Gasteiger partial charge in [-0.1, -0.05) is 26.0 Å². The van der Waals surface area contributed by atoms with Crippen molar-refractivity contribution < 1.29 is 0 Å². The van der Waals surface area contributed by atoms with E-state index >= 15 is 0 Å². The molecule has 4 N–H and O–H groups in total. The molecular formula is C17H30N4. The van der Waals surface area contributed by atoms with Crippen molar-refractivity contribution in [2.75, 3.05) is 18.4 Å². The van der Waals surface area contributed by atoms with Crippen LogP contribution in [0.5, 0.6) is 0 Å². The molecule has 0 bridgehead atoms. The second-order valence-corrected chi connectivity index (χ2v) is 6.50. The minimum absolute atomic E-state index is 0.115. The van der Waals surface area contributed by atoms with E-state index in [0.717, 1.165) is 18.7 Å². The molecule has 0 aliphatic carbocycles. The first-order chi connectivity index (χ1) is 9.81. The fraction of sp³-hybridized carbons (Fsp3) is 0.588. The van der Waals surface area contributed by atoms with Crippen LogP contribution in [-0.4, -0.2) is 24.6 Å². The van der Waals surface area contributed by atoms with Gasteiger partial charge < -0.3 is 16.4 Å². The van der Waals surface area contributed by atoms with Crippen LogP contribution < -0.4 is 16.4 Å². The van der Waals surface area contributed by atoms with Crippen molar-refractivity contribution in [3.63, 3.8) is 0 Å². The lowest BCUT2D eigenvalue weighted by molar-refractivity contribution is 0.433. The number of anilines is 1. The Morgan fingerprint density at radius 1 is 1.24 bits per heavy atom. The standard InChI is InChI=1S/C17H30N4/c1-6-13(2)14-7-9-15(10-8-14)21-16(18)19-11-12-20-17(3,4)5/h7-10,13,20H,6,11-12H2,1-5H3,(H3,18,19,21). The second kappa shape index (κ2) is 8.03. The minimum atomic E-state index is 0.115. The van der Waals surface area contributed by atoms with E-state index in [0.29, 0.717) is 18.4 Å². The summed E-state index contributed by atoms with van der Waals surface area (Å²) in [7, 11) is 0. The first-order valence-electron chi connectivity index (χ1n) is 7.73. The molecule has 1 atom stereocenters. The van der Waals surface area contributed by atoms with E-state index in [9.17, 15) is 0 Å². The van der Waals surface area contributed by atoms with Crippen molar-refractivity contribution >= 4 is 11.6 Å². The number of nitrogens with one attached hydrogen (secondary N) is 2. The van der Waals surface area contributed by atoms with E-state index in [1.807, 2.05) is 0 Å². The number of guanidine groups is 1. The van der Waals surface area contributed by atoms with Gasteiger partial charge in [0.25, 0.3) is 0 Å². The summed E-state index contributed by atoms with van der Waals surface area (Å²) in [6.07, 6.45) is 1.15. The van der Waals surface area contributed by atoms with Crippen LogP contribution in [0.15, 0.2) is 29.3 Å². The quantitative estimate of drug-likeness (QED) is 0.428. The van der Waals surface area contributed by atoms with Gasteiger partial charge in [-0.15, -0.1) is 0 Å². The van der Waals surface area contributed by atoms with Crippen LogP contribution >= 0.6 is 0 Å². The Bertz CT molecular complexity index is 443. The molecular weight excluding hydrogens is 260 g/mol. The maximum atomic E-state index is 5.89. The summed E-state index contributed by atoms with van der Waals surface area (Å²) >= 11 is 0. The predicted molar refractivity (Wildman–Crippen MR) is 93.0 cm³/mol. The van der Waals surface area contributed by atoms with Gasteiger partial charge in [-0.2, -0.15) is 0 Å². The van der Waals surface area contributed by atoms with Gasteiger partial charge in [0.15, 0.2) is 5.96 Å². The van der Waals surface area contributed by atoms with Crippen LogP contribution in [0.2, 0.25) is 0 Å². The van der Waals surface area contributed by atoms with Crippen molar-refractivity contribution in [3.05, 3.63) is 29.8 Å². The summed E-state index contributed by atoms with van der Waals surface area (Å²) < 4.78 is 0. The van der Waals surface area contributed by atoms with Crippen molar-refractivity contribution in [2.24, 2.45) is 10.7 Å². The molecule has 0 fully saturated rings. The zero-order chi connectivity index (χ0) is 15.9. The Morgan fingerprint density at radius 3 is 2.38 bits per heavy atom. The third kappa shape index (κ3) is 7.14. The highest BCUT2D eigenvalue weighted by molar-refractivity contribution is 5.92. The van der Waals surface area contributed by atoms with Crippen molar-refractivity contribution in [2.45, 2.75) is 52.5 Å². The average Bonchev–Trinajstić information content (AvgIpc) is 2.42. The van der Waals surface area contributed by atoms with E-state index < -0.39 is 0 Å². The number of benzene rings is 1. The average molecular weight is 290 g/mol. The molecule has 1 unspecified atom stereocenters. The molecule has 4 heteroatoms.